The van der Waals surface area contributed by atoms with Gasteiger partial charge in [-0.05, 0) is 37.0 Å². The van der Waals surface area contributed by atoms with Crippen LogP contribution < -0.4 is 5.32 Å². The summed E-state index contributed by atoms with van der Waals surface area (Å²) in [6, 6.07) is 3.67. The summed E-state index contributed by atoms with van der Waals surface area (Å²) in [6.45, 7) is 4.77. The monoisotopic (exact) mass is 321 g/mol. The van der Waals surface area contributed by atoms with E-state index in [9.17, 15) is 13.2 Å². The third-order valence-corrected chi connectivity index (χ3v) is 3.87. The number of anilines is 1. The minimum atomic E-state index is -4.39. The van der Waals surface area contributed by atoms with E-state index in [1.807, 2.05) is 0 Å². The van der Waals surface area contributed by atoms with Crippen LogP contribution in [0.2, 0.25) is 5.02 Å². The Morgan fingerprint density at radius 3 is 2.62 bits per heavy atom. The lowest BCUT2D eigenvalue weighted by atomic mass is 9.95. The number of rotatable bonds is 3. The van der Waals surface area contributed by atoms with Gasteiger partial charge < -0.3 is 10.1 Å². The van der Waals surface area contributed by atoms with Crippen LogP contribution in [0.25, 0.3) is 0 Å². The molecule has 1 heterocycles. The molecule has 0 amide bonds. The SMILES string of the molecule is CC(C)C1CC(Nc2cc(Cl)cc(C(F)(F)F)c2)CCO1. The third kappa shape index (κ3) is 4.51. The Balaban J connectivity index is 2.10. The second-order valence-electron chi connectivity index (χ2n) is 5.75. The molecule has 1 aromatic carbocycles. The Bertz CT molecular complexity index is 490. The summed E-state index contributed by atoms with van der Waals surface area (Å²) in [6.07, 6.45) is -2.70. The molecule has 2 atom stereocenters. The van der Waals surface area contributed by atoms with Crippen molar-refractivity contribution in [3.63, 3.8) is 0 Å². The van der Waals surface area contributed by atoms with Crippen LogP contribution in [-0.4, -0.2) is 18.8 Å². The summed E-state index contributed by atoms with van der Waals surface area (Å²) in [4.78, 5) is 0. The van der Waals surface area contributed by atoms with Gasteiger partial charge in [0.1, 0.15) is 0 Å². The summed E-state index contributed by atoms with van der Waals surface area (Å²) in [5.41, 5.74) is -0.325. The van der Waals surface area contributed by atoms with Gasteiger partial charge in [-0.25, -0.2) is 0 Å². The molecule has 0 aromatic heterocycles. The standard InChI is InChI=1S/C15H19ClF3NO/c1-9(2)14-8-12(3-4-21-14)20-13-6-10(15(17,18)19)5-11(16)7-13/h5-7,9,12,14,20H,3-4,8H2,1-2H3. The van der Waals surface area contributed by atoms with Crippen molar-refractivity contribution < 1.29 is 17.9 Å². The molecule has 0 saturated carbocycles. The topological polar surface area (TPSA) is 21.3 Å². The van der Waals surface area contributed by atoms with Gasteiger partial charge in [-0.2, -0.15) is 13.2 Å². The number of alkyl halides is 3. The molecule has 2 unspecified atom stereocenters. The van der Waals surface area contributed by atoms with Crippen molar-refractivity contribution in [2.75, 3.05) is 11.9 Å². The lowest BCUT2D eigenvalue weighted by Gasteiger charge is -2.33. The molecular formula is C15H19ClF3NO. The number of halogens is 4. The summed E-state index contributed by atoms with van der Waals surface area (Å²) in [5, 5.41) is 3.24. The number of ether oxygens (including phenoxy) is 1. The first-order chi connectivity index (χ1) is 9.75. The molecule has 1 aromatic rings. The van der Waals surface area contributed by atoms with E-state index in [0.717, 1.165) is 25.0 Å². The first-order valence-electron chi connectivity index (χ1n) is 7.01. The van der Waals surface area contributed by atoms with Gasteiger partial charge in [0.2, 0.25) is 0 Å². The predicted molar refractivity (Wildman–Crippen MR) is 77.7 cm³/mol. The van der Waals surface area contributed by atoms with Gasteiger partial charge in [-0.1, -0.05) is 25.4 Å². The quantitative estimate of drug-likeness (QED) is 0.848. The number of hydrogen-bond acceptors (Lipinski definition) is 2. The van der Waals surface area contributed by atoms with Crippen molar-refractivity contribution in [3.05, 3.63) is 28.8 Å². The van der Waals surface area contributed by atoms with Gasteiger partial charge in [0.05, 0.1) is 11.7 Å². The van der Waals surface area contributed by atoms with E-state index in [1.165, 1.54) is 6.07 Å². The molecule has 0 aliphatic carbocycles. The Hall–Kier alpha value is -0.940. The summed E-state index contributed by atoms with van der Waals surface area (Å²) >= 11 is 5.79. The highest BCUT2D eigenvalue weighted by Gasteiger charge is 2.31. The second kappa shape index (κ2) is 6.44. The van der Waals surface area contributed by atoms with Gasteiger partial charge >= 0.3 is 6.18 Å². The molecular weight excluding hydrogens is 303 g/mol. The fourth-order valence-corrected chi connectivity index (χ4v) is 2.73. The Morgan fingerprint density at radius 2 is 2.00 bits per heavy atom. The van der Waals surface area contributed by atoms with Gasteiger partial charge in [-0.3, -0.25) is 0 Å². The Labute approximate surface area is 127 Å². The highest BCUT2D eigenvalue weighted by molar-refractivity contribution is 6.30. The maximum atomic E-state index is 12.8. The molecule has 1 aliphatic heterocycles. The average molecular weight is 322 g/mol. The fraction of sp³-hybridized carbons (Fsp3) is 0.600. The molecule has 0 spiro atoms. The van der Waals surface area contributed by atoms with Crippen molar-refractivity contribution in [1.29, 1.82) is 0 Å². The van der Waals surface area contributed by atoms with Crippen molar-refractivity contribution in [2.45, 2.75) is 45.0 Å². The second-order valence-corrected chi connectivity index (χ2v) is 6.18. The van der Waals surface area contributed by atoms with Gasteiger partial charge in [0, 0.05) is 23.4 Å². The highest BCUT2D eigenvalue weighted by Crippen LogP contribution is 2.34. The largest absolute Gasteiger partial charge is 0.416 e. The normalized spacial score (nSPS) is 23.4. The molecule has 1 aliphatic rings. The van der Waals surface area contributed by atoms with Gasteiger partial charge in [0.25, 0.3) is 0 Å². The molecule has 0 radical (unpaired) electrons. The van der Waals surface area contributed by atoms with E-state index in [2.05, 4.69) is 19.2 Å². The van der Waals surface area contributed by atoms with Crippen LogP contribution in [-0.2, 0) is 10.9 Å². The van der Waals surface area contributed by atoms with E-state index < -0.39 is 11.7 Å². The molecule has 0 bridgehead atoms. The maximum absolute atomic E-state index is 12.8. The van der Waals surface area contributed by atoms with E-state index in [0.29, 0.717) is 18.2 Å². The van der Waals surface area contributed by atoms with Crippen LogP contribution in [0, 0.1) is 5.92 Å². The zero-order chi connectivity index (χ0) is 15.6. The first-order valence-corrected chi connectivity index (χ1v) is 7.39. The number of benzene rings is 1. The number of nitrogens with one attached hydrogen (secondary N) is 1. The van der Waals surface area contributed by atoms with E-state index in [-0.39, 0.29) is 17.2 Å². The number of hydrogen-bond donors (Lipinski definition) is 1. The van der Waals surface area contributed by atoms with Crippen LogP contribution in [0.1, 0.15) is 32.3 Å². The zero-order valence-corrected chi connectivity index (χ0v) is 12.8. The minimum Gasteiger partial charge on any atom is -0.382 e. The summed E-state index contributed by atoms with van der Waals surface area (Å²) in [7, 11) is 0. The van der Waals surface area contributed by atoms with E-state index >= 15 is 0 Å². The lowest BCUT2D eigenvalue weighted by Crippen LogP contribution is -2.36. The van der Waals surface area contributed by atoms with Crippen LogP contribution in [0.4, 0.5) is 18.9 Å². The highest BCUT2D eigenvalue weighted by atomic mass is 35.5. The minimum absolute atomic E-state index is 0.0831. The van der Waals surface area contributed by atoms with Crippen molar-refractivity contribution >= 4 is 17.3 Å². The predicted octanol–water partition coefficient (Wildman–Crippen LogP) is 4.97. The Morgan fingerprint density at radius 1 is 1.29 bits per heavy atom. The van der Waals surface area contributed by atoms with Crippen LogP contribution in [0.5, 0.6) is 0 Å². The maximum Gasteiger partial charge on any atom is 0.416 e. The average Bonchev–Trinajstić information content (AvgIpc) is 2.37. The van der Waals surface area contributed by atoms with Crippen LogP contribution in [0.3, 0.4) is 0 Å². The van der Waals surface area contributed by atoms with Crippen molar-refractivity contribution in [3.8, 4) is 0 Å². The molecule has 1 N–H and O–H groups in total. The van der Waals surface area contributed by atoms with E-state index in [1.54, 1.807) is 0 Å². The van der Waals surface area contributed by atoms with Crippen molar-refractivity contribution in [2.24, 2.45) is 5.92 Å². The Kier molecular flexibility index (Phi) is 5.04. The van der Waals surface area contributed by atoms with Crippen LogP contribution in [0.15, 0.2) is 18.2 Å². The zero-order valence-electron chi connectivity index (χ0n) is 12.0. The van der Waals surface area contributed by atoms with Crippen LogP contribution >= 0.6 is 11.6 Å². The molecule has 6 heteroatoms. The molecule has 21 heavy (non-hydrogen) atoms. The summed E-state index contributed by atoms with van der Waals surface area (Å²) < 4.78 is 44.0. The smallest absolute Gasteiger partial charge is 0.382 e. The first kappa shape index (κ1) is 16.4. The lowest BCUT2D eigenvalue weighted by molar-refractivity contribution is -0.137. The van der Waals surface area contributed by atoms with Gasteiger partial charge in [-0.15, -0.1) is 0 Å². The van der Waals surface area contributed by atoms with E-state index in [4.69, 9.17) is 16.3 Å². The molecule has 118 valence electrons. The third-order valence-electron chi connectivity index (χ3n) is 3.65. The molecule has 2 rings (SSSR count). The molecule has 1 saturated heterocycles. The summed E-state index contributed by atoms with van der Waals surface area (Å²) in [5.74, 6) is 0.389. The van der Waals surface area contributed by atoms with Gasteiger partial charge in [0.15, 0.2) is 0 Å². The van der Waals surface area contributed by atoms with Crippen molar-refractivity contribution in [1.82, 2.24) is 0 Å². The molecule has 1 fully saturated rings. The molecule has 2 nitrogen and oxygen atoms in total. The fourth-order valence-electron chi connectivity index (χ4n) is 2.50.